The Morgan fingerprint density at radius 2 is 1.96 bits per heavy atom. The number of nitrogens with one attached hydrogen (secondary N) is 1. The predicted octanol–water partition coefficient (Wildman–Crippen LogP) is 3.46. The van der Waals surface area contributed by atoms with E-state index in [2.05, 4.69) is 17.4 Å². The van der Waals surface area contributed by atoms with Crippen LogP contribution >= 0.6 is 0 Å². The molecule has 1 aromatic carbocycles. The zero-order valence-corrected chi connectivity index (χ0v) is 14.7. The van der Waals surface area contributed by atoms with Crippen LogP contribution in [0.5, 0.6) is 0 Å². The Labute approximate surface area is 143 Å². The molecule has 0 unspecified atom stereocenters. The minimum Gasteiger partial charge on any atom is -0.458 e. The first-order chi connectivity index (χ1) is 11.5. The van der Waals surface area contributed by atoms with Crippen LogP contribution in [0.15, 0.2) is 30.3 Å². The summed E-state index contributed by atoms with van der Waals surface area (Å²) in [6, 6.07) is 9.79. The van der Waals surface area contributed by atoms with E-state index >= 15 is 0 Å². The van der Waals surface area contributed by atoms with Gasteiger partial charge in [0.2, 0.25) is 0 Å². The van der Waals surface area contributed by atoms with Gasteiger partial charge < -0.3 is 14.8 Å². The van der Waals surface area contributed by atoms with Gasteiger partial charge >= 0.3 is 12.1 Å². The van der Waals surface area contributed by atoms with E-state index in [1.807, 2.05) is 32.0 Å². The van der Waals surface area contributed by atoms with Crippen molar-refractivity contribution in [3.8, 4) is 0 Å². The highest BCUT2D eigenvalue weighted by Gasteiger charge is 2.41. The zero-order chi connectivity index (χ0) is 17.5. The van der Waals surface area contributed by atoms with Gasteiger partial charge in [-0.15, -0.1) is 0 Å². The van der Waals surface area contributed by atoms with Crippen molar-refractivity contribution in [3.63, 3.8) is 0 Å². The average Bonchev–Trinajstić information content (AvgIpc) is 2.56. The number of unbranched alkanes of at least 4 members (excludes halogenated alkanes) is 1. The monoisotopic (exact) mass is 333 g/mol. The first kappa shape index (κ1) is 18.3. The molecule has 0 spiro atoms. The second kappa shape index (κ2) is 8.71. The molecule has 1 aromatic rings. The fraction of sp³-hybridized carbons (Fsp3) is 0.579. The lowest BCUT2D eigenvalue weighted by Crippen LogP contribution is -2.59. The molecule has 132 valence electrons. The maximum atomic E-state index is 12.0. The van der Waals surface area contributed by atoms with Crippen molar-refractivity contribution in [1.82, 2.24) is 5.32 Å². The van der Waals surface area contributed by atoms with Gasteiger partial charge in [0, 0.05) is 0 Å². The largest absolute Gasteiger partial charge is 0.458 e. The molecule has 1 fully saturated rings. The molecular formula is C19H27NO4. The minimum atomic E-state index is -0.580. The molecule has 0 radical (unpaired) electrons. The van der Waals surface area contributed by atoms with Crippen molar-refractivity contribution in [3.05, 3.63) is 35.9 Å². The number of esters is 1. The van der Waals surface area contributed by atoms with Gasteiger partial charge in [-0.2, -0.15) is 0 Å². The molecule has 0 aliphatic carbocycles. The molecule has 3 atom stereocenters. The summed E-state index contributed by atoms with van der Waals surface area (Å²) in [5.41, 5.74) is 1.33. The fourth-order valence-corrected chi connectivity index (χ4v) is 2.77. The molecule has 5 heteroatoms. The number of hydrogen-bond donors (Lipinski definition) is 1. The molecule has 5 nitrogen and oxygen atoms in total. The van der Waals surface area contributed by atoms with Crippen LogP contribution in [-0.4, -0.2) is 30.3 Å². The standard InChI is InChI=1S/C19H27NO4/c1-13(2)16(12-8-7-11-15-9-5-4-6-10-15)24-19(22)20-17-14(3)23-18(17)21/h4-6,9-10,13-14,16-17H,7-8,11-12H2,1-3H3,(H,20,22)/t14-,16-,17+/m0/s1. The predicted molar refractivity (Wildman–Crippen MR) is 91.6 cm³/mol. The van der Waals surface area contributed by atoms with Crippen LogP contribution in [0.3, 0.4) is 0 Å². The Bertz CT molecular complexity index is 544. The molecule has 2 rings (SSSR count). The number of amides is 1. The molecule has 0 saturated carbocycles. The number of rotatable bonds is 8. The summed E-state index contributed by atoms with van der Waals surface area (Å²) in [7, 11) is 0. The van der Waals surface area contributed by atoms with Gasteiger partial charge in [-0.3, -0.25) is 0 Å². The lowest BCUT2D eigenvalue weighted by molar-refractivity contribution is -0.174. The van der Waals surface area contributed by atoms with Gasteiger partial charge in [-0.05, 0) is 44.1 Å². The molecule has 0 aromatic heterocycles. The zero-order valence-electron chi connectivity index (χ0n) is 14.7. The number of carbonyl (C=O) groups excluding carboxylic acids is 2. The summed E-state index contributed by atoms with van der Waals surface area (Å²) in [4.78, 5) is 23.2. The summed E-state index contributed by atoms with van der Waals surface area (Å²) in [6.45, 7) is 5.82. The van der Waals surface area contributed by atoms with Crippen LogP contribution in [0.4, 0.5) is 4.79 Å². The van der Waals surface area contributed by atoms with E-state index in [9.17, 15) is 9.59 Å². The third-order valence-electron chi connectivity index (χ3n) is 4.35. The number of ether oxygens (including phenoxy) is 2. The second-order valence-electron chi connectivity index (χ2n) is 6.68. The highest BCUT2D eigenvalue weighted by atomic mass is 16.6. The summed E-state index contributed by atoms with van der Waals surface area (Å²) >= 11 is 0. The van der Waals surface area contributed by atoms with Crippen LogP contribution in [0.1, 0.15) is 45.6 Å². The van der Waals surface area contributed by atoms with Gasteiger partial charge in [0.05, 0.1) is 0 Å². The SMILES string of the molecule is CC(C)[C@H](CCCCc1ccccc1)OC(=O)N[C@H]1C(=O)O[C@H]1C. The number of aryl methyl sites for hydroxylation is 1. The number of benzene rings is 1. The van der Waals surface area contributed by atoms with Crippen LogP contribution in [0.2, 0.25) is 0 Å². The molecule has 1 aliphatic rings. The maximum Gasteiger partial charge on any atom is 0.408 e. The van der Waals surface area contributed by atoms with Gasteiger partial charge in [0.25, 0.3) is 0 Å². The Balaban J connectivity index is 1.71. The van der Waals surface area contributed by atoms with E-state index in [1.165, 1.54) is 5.56 Å². The Hall–Kier alpha value is -2.04. The number of alkyl carbamates (subject to hydrolysis) is 1. The number of cyclic esters (lactones) is 1. The third-order valence-corrected chi connectivity index (χ3v) is 4.35. The average molecular weight is 333 g/mol. The van der Waals surface area contributed by atoms with E-state index in [-0.39, 0.29) is 18.1 Å². The van der Waals surface area contributed by atoms with Gasteiger partial charge in [0.1, 0.15) is 12.2 Å². The van der Waals surface area contributed by atoms with Crippen molar-refractivity contribution >= 4 is 12.1 Å². The Kier molecular flexibility index (Phi) is 6.64. The molecule has 1 heterocycles. The molecule has 24 heavy (non-hydrogen) atoms. The van der Waals surface area contributed by atoms with Crippen LogP contribution < -0.4 is 5.32 Å². The number of hydrogen-bond acceptors (Lipinski definition) is 4. The molecule has 1 amide bonds. The summed E-state index contributed by atoms with van der Waals surface area (Å²) in [6.07, 6.45) is 2.94. The highest BCUT2D eigenvalue weighted by Crippen LogP contribution is 2.18. The topological polar surface area (TPSA) is 64.6 Å². The van der Waals surface area contributed by atoms with Gasteiger partial charge in [-0.1, -0.05) is 44.2 Å². The first-order valence-corrected chi connectivity index (χ1v) is 8.69. The van der Waals surface area contributed by atoms with Crippen molar-refractivity contribution in [2.24, 2.45) is 5.92 Å². The van der Waals surface area contributed by atoms with Crippen LogP contribution in [-0.2, 0) is 20.7 Å². The van der Waals surface area contributed by atoms with E-state index < -0.39 is 18.1 Å². The third kappa shape index (κ3) is 5.25. The van der Waals surface area contributed by atoms with E-state index in [0.717, 1.165) is 25.7 Å². The normalized spacial score (nSPS) is 20.9. The van der Waals surface area contributed by atoms with Crippen molar-refractivity contribution in [1.29, 1.82) is 0 Å². The summed E-state index contributed by atoms with van der Waals surface area (Å²) in [5.74, 6) is -0.165. The van der Waals surface area contributed by atoms with E-state index in [1.54, 1.807) is 6.92 Å². The molecule has 1 saturated heterocycles. The Morgan fingerprint density at radius 3 is 2.54 bits per heavy atom. The summed E-state index contributed by atoms with van der Waals surface area (Å²) in [5, 5.41) is 2.58. The van der Waals surface area contributed by atoms with Crippen molar-refractivity contribution in [2.75, 3.05) is 0 Å². The molecule has 1 N–H and O–H groups in total. The molecule has 0 bridgehead atoms. The van der Waals surface area contributed by atoms with E-state index in [0.29, 0.717) is 0 Å². The van der Waals surface area contributed by atoms with Gasteiger partial charge in [0.15, 0.2) is 6.04 Å². The molecule has 1 aliphatic heterocycles. The Morgan fingerprint density at radius 1 is 1.25 bits per heavy atom. The highest BCUT2D eigenvalue weighted by molar-refractivity contribution is 5.86. The van der Waals surface area contributed by atoms with Crippen LogP contribution in [0.25, 0.3) is 0 Å². The van der Waals surface area contributed by atoms with Gasteiger partial charge in [-0.25, -0.2) is 9.59 Å². The van der Waals surface area contributed by atoms with E-state index in [4.69, 9.17) is 9.47 Å². The molecular weight excluding hydrogens is 306 g/mol. The lowest BCUT2D eigenvalue weighted by Gasteiger charge is -2.33. The summed E-state index contributed by atoms with van der Waals surface area (Å²) < 4.78 is 10.3. The second-order valence-corrected chi connectivity index (χ2v) is 6.68. The quantitative estimate of drug-likeness (QED) is 0.584. The van der Waals surface area contributed by atoms with Crippen molar-refractivity contribution < 1.29 is 19.1 Å². The number of carbonyl (C=O) groups is 2. The van der Waals surface area contributed by atoms with Crippen molar-refractivity contribution in [2.45, 2.75) is 64.7 Å². The van der Waals surface area contributed by atoms with Crippen LogP contribution in [0, 0.1) is 5.92 Å². The minimum absolute atomic E-state index is 0.146. The fourth-order valence-electron chi connectivity index (χ4n) is 2.77. The lowest BCUT2D eigenvalue weighted by atomic mass is 9.99. The maximum absolute atomic E-state index is 12.0. The first-order valence-electron chi connectivity index (χ1n) is 8.69. The smallest absolute Gasteiger partial charge is 0.408 e.